The van der Waals surface area contributed by atoms with Gasteiger partial charge in [0, 0.05) is 29.2 Å². The van der Waals surface area contributed by atoms with E-state index in [9.17, 15) is 31.2 Å². The monoisotopic (exact) mass is 663 g/mol. The maximum absolute atomic E-state index is 14.0. The molecule has 0 aromatic heterocycles. The molecule has 0 spiro atoms. The maximum Gasteiger partial charge on any atom is 0.417 e. The van der Waals surface area contributed by atoms with E-state index in [0.717, 1.165) is 22.6 Å². The Labute approximate surface area is 257 Å². The quantitative estimate of drug-likeness (QED) is 0.261. The van der Waals surface area contributed by atoms with Gasteiger partial charge in [-0.2, -0.15) is 13.2 Å². The summed E-state index contributed by atoms with van der Waals surface area (Å²) in [6, 6.07) is 11.7. The summed E-state index contributed by atoms with van der Waals surface area (Å²) in [5.41, 5.74) is -0.698. The summed E-state index contributed by atoms with van der Waals surface area (Å²) in [4.78, 5) is 27.6. The number of alkyl halides is 3. The first kappa shape index (κ1) is 33.5. The second-order valence-electron chi connectivity index (χ2n) is 9.25. The SMILES string of the molecule is CC[C@@H](C(=O)NC)N(Cc1c(Cl)cccc1Cl)C(=O)CN(c1ccc(Cl)c(C(F)(F)F)c1)S(=O)(=O)c1ccc(C)cc1. The zero-order valence-corrected chi connectivity index (χ0v) is 25.8. The smallest absolute Gasteiger partial charge is 0.357 e. The molecular weight excluding hydrogens is 638 g/mol. The van der Waals surface area contributed by atoms with E-state index in [-0.39, 0.29) is 27.9 Å². The molecule has 7 nitrogen and oxygen atoms in total. The van der Waals surface area contributed by atoms with Crippen LogP contribution in [-0.4, -0.2) is 44.8 Å². The van der Waals surface area contributed by atoms with E-state index in [2.05, 4.69) is 5.32 Å². The second-order valence-corrected chi connectivity index (χ2v) is 12.3. The van der Waals surface area contributed by atoms with Gasteiger partial charge in [-0.25, -0.2) is 8.42 Å². The molecule has 3 aromatic rings. The van der Waals surface area contributed by atoms with E-state index in [0.29, 0.717) is 15.9 Å². The fourth-order valence-electron chi connectivity index (χ4n) is 4.19. The molecule has 0 unspecified atom stereocenters. The molecule has 0 saturated heterocycles. The minimum Gasteiger partial charge on any atom is -0.357 e. The Morgan fingerprint density at radius 3 is 2.07 bits per heavy atom. The molecule has 1 atom stereocenters. The van der Waals surface area contributed by atoms with Crippen LogP contribution in [0.5, 0.6) is 0 Å². The molecule has 0 fully saturated rings. The Balaban J connectivity index is 2.19. The number of anilines is 1. The molecule has 0 radical (unpaired) electrons. The third kappa shape index (κ3) is 7.50. The summed E-state index contributed by atoms with van der Waals surface area (Å²) < 4.78 is 69.5. The number of sulfonamides is 1. The third-order valence-electron chi connectivity index (χ3n) is 6.45. The van der Waals surface area contributed by atoms with E-state index in [1.54, 1.807) is 19.9 Å². The van der Waals surface area contributed by atoms with Gasteiger partial charge < -0.3 is 10.2 Å². The Bertz CT molecular complexity index is 1550. The van der Waals surface area contributed by atoms with Gasteiger partial charge in [-0.15, -0.1) is 0 Å². The van der Waals surface area contributed by atoms with Gasteiger partial charge in [-0.05, 0) is 55.8 Å². The molecule has 2 amide bonds. The molecular formula is C28H27Cl3F3N3O4S. The highest BCUT2D eigenvalue weighted by molar-refractivity contribution is 7.92. The number of nitrogens with one attached hydrogen (secondary N) is 1. The van der Waals surface area contributed by atoms with Crippen molar-refractivity contribution in [2.24, 2.45) is 0 Å². The highest BCUT2D eigenvalue weighted by atomic mass is 35.5. The van der Waals surface area contributed by atoms with Gasteiger partial charge in [0.2, 0.25) is 11.8 Å². The predicted molar refractivity (Wildman–Crippen MR) is 157 cm³/mol. The van der Waals surface area contributed by atoms with Crippen molar-refractivity contribution < 1.29 is 31.2 Å². The lowest BCUT2D eigenvalue weighted by Gasteiger charge is -2.33. The van der Waals surface area contributed by atoms with Crippen molar-refractivity contribution in [3.05, 3.63) is 92.4 Å². The summed E-state index contributed by atoms with van der Waals surface area (Å²) in [5, 5.41) is 2.22. The molecule has 0 aliphatic rings. The summed E-state index contributed by atoms with van der Waals surface area (Å²) in [6.45, 7) is 2.14. The van der Waals surface area contributed by atoms with E-state index in [1.807, 2.05) is 0 Å². The second kappa shape index (κ2) is 13.5. The van der Waals surface area contributed by atoms with Crippen molar-refractivity contribution >= 4 is 62.3 Å². The predicted octanol–water partition coefficient (Wildman–Crippen LogP) is 6.72. The molecule has 3 aromatic carbocycles. The first-order valence-corrected chi connectivity index (χ1v) is 15.1. The van der Waals surface area contributed by atoms with E-state index < -0.39 is 56.9 Å². The van der Waals surface area contributed by atoms with Gasteiger partial charge in [0.15, 0.2) is 0 Å². The zero-order chi connectivity index (χ0) is 31.4. The van der Waals surface area contributed by atoms with Crippen molar-refractivity contribution in [1.29, 1.82) is 0 Å². The topological polar surface area (TPSA) is 86.8 Å². The Hall–Kier alpha value is -2.99. The first-order valence-electron chi connectivity index (χ1n) is 12.5. The fraction of sp³-hybridized carbons (Fsp3) is 0.286. The number of amides is 2. The molecule has 0 bridgehead atoms. The van der Waals surface area contributed by atoms with Gasteiger partial charge in [0.1, 0.15) is 12.6 Å². The summed E-state index contributed by atoms with van der Waals surface area (Å²) in [5.74, 6) is -1.44. The van der Waals surface area contributed by atoms with Crippen LogP contribution in [0.1, 0.15) is 30.0 Å². The number of likely N-dealkylation sites (N-methyl/N-ethyl adjacent to an activating group) is 1. The third-order valence-corrected chi connectivity index (χ3v) is 9.28. The van der Waals surface area contributed by atoms with Crippen molar-refractivity contribution in [2.45, 2.75) is 43.9 Å². The Morgan fingerprint density at radius 2 is 1.55 bits per heavy atom. The van der Waals surface area contributed by atoms with Crippen LogP contribution in [0.4, 0.5) is 18.9 Å². The van der Waals surface area contributed by atoms with Crippen LogP contribution < -0.4 is 9.62 Å². The average Bonchev–Trinajstić information content (AvgIpc) is 2.92. The zero-order valence-electron chi connectivity index (χ0n) is 22.7. The molecule has 14 heteroatoms. The highest BCUT2D eigenvalue weighted by Gasteiger charge is 2.37. The van der Waals surface area contributed by atoms with Gasteiger partial charge in [0.25, 0.3) is 10.0 Å². The van der Waals surface area contributed by atoms with Gasteiger partial charge in [-0.1, -0.05) is 65.5 Å². The maximum atomic E-state index is 14.0. The molecule has 0 heterocycles. The number of halogens is 6. The number of nitrogens with zero attached hydrogens (tertiary/aromatic N) is 2. The summed E-state index contributed by atoms with van der Waals surface area (Å²) >= 11 is 18.5. The number of aryl methyl sites for hydroxylation is 1. The number of hydrogen-bond acceptors (Lipinski definition) is 4. The lowest BCUT2D eigenvalue weighted by atomic mass is 10.1. The molecule has 0 saturated carbocycles. The van der Waals surface area contributed by atoms with Crippen LogP contribution in [0, 0.1) is 6.92 Å². The Morgan fingerprint density at radius 1 is 0.952 bits per heavy atom. The van der Waals surface area contributed by atoms with E-state index >= 15 is 0 Å². The molecule has 0 aliphatic heterocycles. The van der Waals surface area contributed by atoms with Crippen LogP contribution in [0.25, 0.3) is 0 Å². The van der Waals surface area contributed by atoms with Crippen molar-refractivity contribution in [3.8, 4) is 0 Å². The van der Waals surface area contributed by atoms with Crippen molar-refractivity contribution in [1.82, 2.24) is 10.2 Å². The minimum atomic E-state index is -4.91. The minimum absolute atomic E-state index is 0.122. The molecule has 226 valence electrons. The summed E-state index contributed by atoms with van der Waals surface area (Å²) in [6.07, 6.45) is -4.78. The van der Waals surface area contributed by atoms with Crippen LogP contribution >= 0.6 is 34.8 Å². The lowest BCUT2D eigenvalue weighted by Crippen LogP contribution is -2.51. The van der Waals surface area contributed by atoms with Crippen LogP contribution in [0.15, 0.2) is 65.6 Å². The molecule has 0 aliphatic carbocycles. The fourth-order valence-corrected chi connectivity index (χ4v) is 6.34. The number of rotatable bonds is 10. The first-order chi connectivity index (χ1) is 19.6. The largest absolute Gasteiger partial charge is 0.417 e. The van der Waals surface area contributed by atoms with E-state index in [1.165, 1.54) is 43.4 Å². The van der Waals surface area contributed by atoms with Crippen LogP contribution in [-0.2, 0) is 32.3 Å². The van der Waals surface area contributed by atoms with Gasteiger partial charge >= 0.3 is 6.18 Å². The lowest BCUT2D eigenvalue weighted by molar-refractivity contribution is -0.140. The summed E-state index contributed by atoms with van der Waals surface area (Å²) in [7, 11) is -3.23. The van der Waals surface area contributed by atoms with Crippen LogP contribution in [0.3, 0.4) is 0 Å². The Kier molecular flexibility index (Phi) is 10.8. The number of benzene rings is 3. The standard InChI is InChI=1S/C28H27Cl3F3N3O4S/c1-4-25(27(39)35-3)36(15-20-22(29)6-5-7-23(20)30)26(38)16-37(42(40,41)19-11-8-17(2)9-12-19)18-10-13-24(31)21(14-18)28(32,33)34/h5-14,25H,4,15-16H2,1-3H3,(H,35,39)/t25-/m0/s1. The average molecular weight is 665 g/mol. The van der Waals surface area contributed by atoms with Gasteiger partial charge in [-0.3, -0.25) is 13.9 Å². The number of carbonyl (C=O) groups excluding carboxylic acids is 2. The number of carbonyl (C=O) groups is 2. The number of hydrogen-bond donors (Lipinski definition) is 1. The van der Waals surface area contributed by atoms with Crippen molar-refractivity contribution in [3.63, 3.8) is 0 Å². The van der Waals surface area contributed by atoms with Crippen molar-refractivity contribution in [2.75, 3.05) is 17.9 Å². The van der Waals surface area contributed by atoms with E-state index in [4.69, 9.17) is 34.8 Å². The molecule has 42 heavy (non-hydrogen) atoms. The van der Waals surface area contributed by atoms with Gasteiger partial charge in [0.05, 0.1) is 21.2 Å². The molecule has 1 N–H and O–H groups in total. The highest BCUT2D eigenvalue weighted by Crippen LogP contribution is 2.38. The normalized spacial score (nSPS) is 12.5. The molecule has 3 rings (SSSR count). The van der Waals surface area contributed by atoms with Crippen LogP contribution in [0.2, 0.25) is 15.1 Å².